The third-order valence-electron chi connectivity index (χ3n) is 4.73. The van der Waals surface area contributed by atoms with Crippen LogP contribution in [0, 0.1) is 6.92 Å². The number of benzene rings is 2. The van der Waals surface area contributed by atoms with E-state index >= 15 is 0 Å². The Morgan fingerprint density at radius 3 is 2.27 bits per heavy atom. The van der Waals surface area contributed by atoms with Crippen molar-refractivity contribution >= 4 is 21.6 Å². The van der Waals surface area contributed by atoms with Crippen molar-refractivity contribution in [2.75, 3.05) is 18.4 Å². The second-order valence-electron chi connectivity index (χ2n) is 6.97. The van der Waals surface area contributed by atoms with Crippen molar-refractivity contribution in [2.45, 2.75) is 37.4 Å². The Morgan fingerprint density at radius 1 is 1.03 bits per heavy atom. The number of ether oxygens (including phenoxy) is 1. The van der Waals surface area contributed by atoms with E-state index in [1.807, 2.05) is 0 Å². The van der Waals surface area contributed by atoms with Gasteiger partial charge in [0.2, 0.25) is 10.0 Å². The molecular formula is C20H21F3N2O4S. The second kappa shape index (κ2) is 8.65. The van der Waals surface area contributed by atoms with Crippen LogP contribution >= 0.6 is 0 Å². The highest BCUT2D eigenvalue weighted by Crippen LogP contribution is 2.26. The van der Waals surface area contributed by atoms with Crippen LogP contribution in [0.2, 0.25) is 0 Å². The van der Waals surface area contributed by atoms with Gasteiger partial charge in [-0.2, -0.15) is 4.31 Å². The number of nitrogens with one attached hydrogen (secondary N) is 1. The fraction of sp³-hybridized carbons (Fsp3) is 0.350. The summed E-state index contributed by atoms with van der Waals surface area (Å²) in [5.41, 5.74) is 0.910. The van der Waals surface area contributed by atoms with Crippen LogP contribution in [-0.2, 0) is 10.0 Å². The lowest BCUT2D eigenvalue weighted by atomic mass is 10.1. The van der Waals surface area contributed by atoms with Crippen molar-refractivity contribution in [1.82, 2.24) is 4.31 Å². The highest BCUT2D eigenvalue weighted by Gasteiger charge is 2.31. The first-order valence-corrected chi connectivity index (χ1v) is 10.8. The molecule has 10 heteroatoms. The van der Waals surface area contributed by atoms with E-state index in [0.29, 0.717) is 18.7 Å². The fourth-order valence-electron chi connectivity index (χ4n) is 3.21. The quantitative estimate of drug-likeness (QED) is 0.748. The zero-order valence-corrected chi connectivity index (χ0v) is 17.0. The van der Waals surface area contributed by atoms with Crippen molar-refractivity contribution in [2.24, 2.45) is 0 Å². The number of carbonyl (C=O) groups is 1. The highest BCUT2D eigenvalue weighted by atomic mass is 32.2. The molecule has 0 unspecified atom stereocenters. The maximum Gasteiger partial charge on any atom is 0.573 e. The molecule has 0 saturated carbocycles. The van der Waals surface area contributed by atoms with Gasteiger partial charge in [-0.15, -0.1) is 13.2 Å². The standard InChI is InChI=1S/C20H21F3N2O4S/c1-14-5-6-15(13-18(14)30(27,28)25-11-3-2-4-12-25)19(26)24-16-7-9-17(10-8-16)29-20(21,22)23/h5-10,13H,2-4,11-12H2,1H3,(H,24,26). The average Bonchev–Trinajstić information content (AvgIpc) is 2.69. The van der Waals surface area contributed by atoms with Gasteiger partial charge in [-0.25, -0.2) is 8.42 Å². The zero-order chi connectivity index (χ0) is 21.9. The van der Waals surface area contributed by atoms with Crippen LogP contribution < -0.4 is 10.1 Å². The number of carbonyl (C=O) groups excluding carboxylic acids is 1. The Bertz CT molecular complexity index is 1020. The van der Waals surface area contributed by atoms with Gasteiger partial charge in [0.1, 0.15) is 5.75 Å². The lowest BCUT2D eigenvalue weighted by Crippen LogP contribution is -2.36. The van der Waals surface area contributed by atoms with E-state index in [1.54, 1.807) is 13.0 Å². The maximum absolute atomic E-state index is 13.0. The molecule has 1 amide bonds. The van der Waals surface area contributed by atoms with Crippen molar-refractivity contribution in [3.05, 3.63) is 53.6 Å². The number of hydrogen-bond donors (Lipinski definition) is 1. The van der Waals surface area contributed by atoms with Crippen molar-refractivity contribution in [3.63, 3.8) is 0 Å². The van der Waals surface area contributed by atoms with Gasteiger partial charge >= 0.3 is 6.36 Å². The number of rotatable bonds is 5. The normalized spacial score (nSPS) is 15.6. The molecular weight excluding hydrogens is 421 g/mol. The Hall–Kier alpha value is -2.59. The van der Waals surface area contributed by atoms with E-state index in [9.17, 15) is 26.4 Å². The Morgan fingerprint density at radius 2 is 1.67 bits per heavy atom. The topological polar surface area (TPSA) is 75.7 Å². The second-order valence-corrected chi connectivity index (χ2v) is 8.88. The van der Waals surface area contributed by atoms with Crippen molar-refractivity contribution in [3.8, 4) is 5.75 Å². The van der Waals surface area contributed by atoms with Gasteiger partial charge in [-0.05, 0) is 61.7 Å². The SMILES string of the molecule is Cc1ccc(C(=O)Nc2ccc(OC(F)(F)F)cc2)cc1S(=O)(=O)N1CCCCC1. The van der Waals surface area contributed by atoms with Crippen molar-refractivity contribution < 1.29 is 31.1 Å². The third-order valence-corrected chi connectivity index (χ3v) is 6.77. The largest absolute Gasteiger partial charge is 0.573 e. The monoisotopic (exact) mass is 442 g/mol. The van der Waals surface area contributed by atoms with Gasteiger partial charge in [0.15, 0.2) is 0 Å². The van der Waals surface area contributed by atoms with Crippen LogP contribution in [0.25, 0.3) is 0 Å². The summed E-state index contributed by atoms with van der Waals surface area (Å²) in [4.78, 5) is 12.6. The highest BCUT2D eigenvalue weighted by molar-refractivity contribution is 7.89. The van der Waals surface area contributed by atoms with Gasteiger partial charge in [0.05, 0.1) is 4.90 Å². The van der Waals surface area contributed by atoms with Crippen LogP contribution in [-0.4, -0.2) is 38.1 Å². The molecule has 0 aliphatic carbocycles. The van der Waals surface area contributed by atoms with Gasteiger partial charge in [0.25, 0.3) is 5.91 Å². The lowest BCUT2D eigenvalue weighted by Gasteiger charge is -2.26. The number of aryl methyl sites for hydroxylation is 1. The molecule has 6 nitrogen and oxygen atoms in total. The van der Waals surface area contributed by atoms with Gasteiger partial charge < -0.3 is 10.1 Å². The number of amides is 1. The minimum absolute atomic E-state index is 0.0750. The van der Waals surface area contributed by atoms with Crippen LogP contribution in [0.1, 0.15) is 35.2 Å². The number of halogens is 3. The molecule has 1 aliphatic heterocycles. The molecule has 1 heterocycles. The summed E-state index contributed by atoms with van der Waals surface area (Å²) in [7, 11) is -3.71. The molecule has 162 valence electrons. The Labute approximate surface area is 172 Å². The Balaban J connectivity index is 1.78. The molecule has 0 bridgehead atoms. The van der Waals surface area contributed by atoms with Gasteiger partial charge in [0, 0.05) is 24.3 Å². The fourth-order valence-corrected chi connectivity index (χ4v) is 4.97. The number of hydrogen-bond acceptors (Lipinski definition) is 4. The molecule has 0 spiro atoms. The molecule has 2 aromatic carbocycles. The number of piperidine rings is 1. The van der Waals surface area contributed by atoms with E-state index in [4.69, 9.17) is 0 Å². The summed E-state index contributed by atoms with van der Waals surface area (Å²) < 4.78 is 67.9. The molecule has 1 aliphatic rings. The summed E-state index contributed by atoms with van der Waals surface area (Å²) in [6.07, 6.45) is -2.22. The zero-order valence-electron chi connectivity index (χ0n) is 16.2. The van der Waals surface area contributed by atoms with Crippen LogP contribution in [0.15, 0.2) is 47.4 Å². The molecule has 0 aromatic heterocycles. The molecule has 30 heavy (non-hydrogen) atoms. The third kappa shape index (κ3) is 5.31. The number of sulfonamides is 1. The summed E-state index contributed by atoms with van der Waals surface area (Å²) in [5, 5.41) is 2.54. The van der Waals surface area contributed by atoms with Crippen molar-refractivity contribution in [1.29, 1.82) is 0 Å². The minimum Gasteiger partial charge on any atom is -0.406 e. The van der Waals surface area contributed by atoms with Gasteiger partial charge in [-0.1, -0.05) is 12.5 Å². The number of anilines is 1. The smallest absolute Gasteiger partial charge is 0.406 e. The first-order chi connectivity index (χ1) is 14.1. The lowest BCUT2D eigenvalue weighted by molar-refractivity contribution is -0.274. The Kier molecular flexibility index (Phi) is 6.37. The van der Waals surface area contributed by atoms with E-state index in [2.05, 4.69) is 10.1 Å². The maximum atomic E-state index is 13.0. The van der Waals surface area contributed by atoms with Gasteiger partial charge in [-0.3, -0.25) is 4.79 Å². The summed E-state index contributed by atoms with van der Waals surface area (Å²) in [6, 6.07) is 9.06. The first-order valence-electron chi connectivity index (χ1n) is 9.34. The molecule has 1 N–H and O–H groups in total. The molecule has 0 atom stereocenters. The van der Waals surface area contributed by atoms with E-state index in [0.717, 1.165) is 31.4 Å². The number of nitrogens with zero attached hydrogens (tertiary/aromatic N) is 1. The molecule has 3 rings (SSSR count). The molecule has 0 radical (unpaired) electrons. The summed E-state index contributed by atoms with van der Waals surface area (Å²) in [6.45, 7) is 2.56. The molecule has 1 saturated heterocycles. The summed E-state index contributed by atoms with van der Waals surface area (Å²) in [5.74, 6) is -0.986. The molecule has 2 aromatic rings. The van der Waals surface area contributed by atoms with E-state index < -0.39 is 28.0 Å². The van der Waals surface area contributed by atoms with Crippen LogP contribution in [0.4, 0.5) is 18.9 Å². The predicted octanol–water partition coefficient (Wildman–Crippen LogP) is 4.32. The average molecular weight is 442 g/mol. The number of alkyl halides is 3. The minimum atomic E-state index is -4.80. The van der Waals surface area contributed by atoms with Crippen LogP contribution in [0.5, 0.6) is 5.75 Å². The predicted molar refractivity (Wildman–Crippen MR) is 105 cm³/mol. The van der Waals surface area contributed by atoms with E-state index in [-0.39, 0.29) is 16.1 Å². The van der Waals surface area contributed by atoms with E-state index in [1.165, 1.54) is 28.6 Å². The molecule has 1 fully saturated rings. The summed E-state index contributed by atoms with van der Waals surface area (Å²) >= 11 is 0. The first kappa shape index (κ1) is 22.1. The van der Waals surface area contributed by atoms with Crippen LogP contribution in [0.3, 0.4) is 0 Å².